The van der Waals surface area contributed by atoms with Crippen LogP contribution in [0.4, 0.5) is 8.78 Å². The molecule has 0 bridgehead atoms. The number of carbonyl (C=O) groups excluding carboxylic acids is 1. The van der Waals surface area contributed by atoms with Crippen molar-refractivity contribution in [3.63, 3.8) is 0 Å². The standard InChI is InChI=1S/C17H19F2N3OS/c1-21(2)9-11-6-7-22(10-11)17(23)14-8-20-16(24-14)15-12(18)4-3-5-13(15)19/h3-5,8,11H,6-7,9-10H2,1-2H3. The second kappa shape index (κ2) is 6.94. The third-order valence-electron chi connectivity index (χ3n) is 4.09. The summed E-state index contributed by atoms with van der Waals surface area (Å²) in [6.07, 6.45) is 2.38. The SMILES string of the molecule is CN(C)CC1CCN(C(=O)c2cnc(-c3c(F)cccc3F)s2)C1. The van der Waals surface area contributed by atoms with Crippen LogP contribution in [0, 0.1) is 17.6 Å². The van der Waals surface area contributed by atoms with Crippen LogP contribution in [0.2, 0.25) is 0 Å². The summed E-state index contributed by atoms with van der Waals surface area (Å²) in [5, 5.41) is 0.193. The van der Waals surface area contributed by atoms with Gasteiger partial charge in [-0.2, -0.15) is 0 Å². The van der Waals surface area contributed by atoms with Gasteiger partial charge in [0.1, 0.15) is 21.5 Å². The Hall–Kier alpha value is -1.86. The molecule has 2 aromatic rings. The van der Waals surface area contributed by atoms with E-state index in [0.717, 1.165) is 24.3 Å². The van der Waals surface area contributed by atoms with Crippen LogP contribution in [0.1, 0.15) is 16.1 Å². The summed E-state index contributed by atoms with van der Waals surface area (Å²) in [5.41, 5.74) is -0.173. The molecule has 1 aliphatic heterocycles. The Morgan fingerprint density at radius 2 is 2.08 bits per heavy atom. The van der Waals surface area contributed by atoms with E-state index >= 15 is 0 Å². The van der Waals surface area contributed by atoms with Crippen LogP contribution in [-0.4, -0.2) is 54.4 Å². The number of nitrogens with zero attached hydrogens (tertiary/aromatic N) is 3. The first-order chi connectivity index (χ1) is 11.5. The predicted octanol–water partition coefficient (Wildman–Crippen LogP) is 3.11. The lowest BCUT2D eigenvalue weighted by Crippen LogP contribution is -2.30. The lowest BCUT2D eigenvalue weighted by Gasteiger charge is -2.17. The summed E-state index contributed by atoms with van der Waals surface area (Å²) in [6.45, 7) is 2.36. The minimum Gasteiger partial charge on any atom is -0.338 e. The van der Waals surface area contributed by atoms with Gasteiger partial charge in [-0.15, -0.1) is 11.3 Å². The number of carbonyl (C=O) groups is 1. The van der Waals surface area contributed by atoms with Gasteiger partial charge in [0.25, 0.3) is 5.91 Å². The maximum absolute atomic E-state index is 13.8. The molecule has 4 nitrogen and oxygen atoms in total. The third kappa shape index (κ3) is 3.47. The highest BCUT2D eigenvalue weighted by Crippen LogP contribution is 2.31. The highest BCUT2D eigenvalue weighted by molar-refractivity contribution is 7.16. The number of aromatic nitrogens is 1. The van der Waals surface area contributed by atoms with Gasteiger partial charge in [0.2, 0.25) is 0 Å². The van der Waals surface area contributed by atoms with Gasteiger partial charge < -0.3 is 9.80 Å². The number of rotatable bonds is 4. The van der Waals surface area contributed by atoms with E-state index < -0.39 is 11.6 Å². The molecular formula is C17H19F2N3OS. The van der Waals surface area contributed by atoms with Crippen molar-refractivity contribution in [2.24, 2.45) is 5.92 Å². The van der Waals surface area contributed by atoms with E-state index in [-0.39, 0.29) is 16.5 Å². The van der Waals surface area contributed by atoms with Gasteiger partial charge in [0.05, 0.1) is 11.8 Å². The number of amides is 1. The van der Waals surface area contributed by atoms with Crippen LogP contribution in [-0.2, 0) is 0 Å². The van der Waals surface area contributed by atoms with Crippen molar-refractivity contribution in [3.8, 4) is 10.6 Å². The van der Waals surface area contributed by atoms with Crippen molar-refractivity contribution in [2.45, 2.75) is 6.42 Å². The van der Waals surface area contributed by atoms with Crippen LogP contribution >= 0.6 is 11.3 Å². The molecule has 24 heavy (non-hydrogen) atoms. The average molecular weight is 351 g/mol. The number of halogens is 2. The minimum absolute atomic E-state index is 0.114. The maximum Gasteiger partial charge on any atom is 0.265 e. The highest BCUT2D eigenvalue weighted by Gasteiger charge is 2.28. The first-order valence-electron chi connectivity index (χ1n) is 7.80. The predicted molar refractivity (Wildman–Crippen MR) is 90.0 cm³/mol. The monoisotopic (exact) mass is 351 g/mol. The molecule has 1 amide bonds. The zero-order valence-electron chi connectivity index (χ0n) is 13.6. The Bertz CT molecular complexity index is 727. The van der Waals surface area contributed by atoms with E-state index in [1.807, 2.05) is 14.1 Å². The summed E-state index contributed by atoms with van der Waals surface area (Å²) < 4.78 is 27.7. The van der Waals surface area contributed by atoms with E-state index in [4.69, 9.17) is 0 Å². The molecule has 0 radical (unpaired) electrons. The Kier molecular flexibility index (Phi) is 4.91. The van der Waals surface area contributed by atoms with Gasteiger partial charge in [-0.1, -0.05) is 6.07 Å². The molecule has 7 heteroatoms. The van der Waals surface area contributed by atoms with Crippen LogP contribution in [0.5, 0.6) is 0 Å². The van der Waals surface area contributed by atoms with Gasteiger partial charge in [-0.25, -0.2) is 13.8 Å². The van der Waals surface area contributed by atoms with E-state index in [1.165, 1.54) is 24.4 Å². The molecule has 1 saturated heterocycles. The van der Waals surface area contributed by atoms with Gasteiger partial charge in [0.15, 0.2) is 0 Å². The number of likely N-dealkylation sites (tertiary alicyclic amines) is 1. The molecule has 1 aromatic carbocycles. The molecule has 0 saturated carbocycles. The van der Waals surface area contributed by atoms with Crippen molar-refractivity contribution in [2.75, 3.05) is 33.7 Å². The van der Waals surface area contributed by atoms with Crippen LogP contribution < -0.4 is 0 Å². The molecule has 0 aliphatic carbocycles. The van der Waals surface area contributed by atoms with Crippen LogP contribution in [0.25, 0.3) is 10.6 Å². The maximum atomic E-state index is 13.8. The summed E-state index contributed by atoms with van der Waals surface area (Å²) in [5.74, 6) is -0.997. The Balaban J connectivity index is 1.75. The lowest BCUT2D eigenvalue weighted by atomic mass is 10.1. The second-order valence-electron chi connectivity index (χ2n) is 6.29. The first kappa shape index (κ1) is 17.0. The second-order valence-corrected chi connectivity index (χ2v) is 7.33. The number of thiazole rings is 1. The molecule has 0 N–H and O–H groups in total. The fourth-order valence-electron chi connectivity index (χ4n) is 3.03. The number of benzene rings is 1. The summed E-state index contributed by atoms with van der Waals surface area (Å²) >= 11 is 1.03. The Morgan fingerprint density at radius 1 is 1.38 bits per heavy atom. The van der Waals surface area contributed by atoms with Crippen molar-refractivity contribution in [3.05, 3.63) is 40.9 Å². The van der Waals surface area contributed by atoms with Crippen molar-refractivity contribution < 1.29 is 13.6 Å². The van der Waals surface area contributed by atoms with Crippen molar-refractivity contribution >= 4 is 17.2 Å². The molecule has 3 rings (SSSR count). The summed E-state index contributed by atoms with van der Waals surface area (Å²) in [7, 11) is 4.03. The van der Waals surface area contributed by atoms with Crippen LogP contribution in [0.15, 0.2) is 24.4 Å². The zero-order chi connectivity index (χ0) is 17.3. The molecular weight excluding hydrogens is 332 g/mol. The van der Waals surface area contributed by atoms with Gasteiger partial charge in [-0.05, 0) is 38.6 Å². The first-order valence-corrected chi connectivity index (χ1v) is 8.61. The fourth-order valence-corrected chi connectivity index (χ4v) is 3.96. The smallest absolute Gasteiger partial charge is 0.265 e. The lowest BCUT2D eigenvalue weighted by molar-refractivity contribution is 0.0789. The molecule has 2 heterocycles. The van der Waals surface area contributed by atoms with Gasteiger partial charge >= 0.3 is 0 Å². The number of hydrogen-bond acceptors (Lipinski definition) is 4. The molecule has 1 unspecified atom stereocenters. The van der Waals surface area contributed by atoms with Crippen molar-refractivity contribution in [1.82, 2.24) is 14.8 Å². The largest absolute Gasteiger partial charge is 0.338 e. The molecule has 1 aliphatic rings. The Morgan fingerprint density at radius 3 is 2.75 bits per heavy atom. The summed E-state index contributed by atoms with van der Waals surface area (Å²) in [6, 6.07) is 3.68. The molecule has 1 fully saturated rings. The zero-order valence-corrected chi connectivity index (χ0v) is 14.4. The van der Waals surface area contributed by atoms with Gasteiger partial charge in [-0.3, -0.25) is 4.79 Å². The van der Waals surface area contributed by atoms with E-state index in [0.29, 0.717) is 23.9 Å². The fraction of sp³-hybridized carbons (Fsp3) is 0.412. The van der Waals surface area contributed by atoms with E-state index in [9.17, 15) is 13.6 Å². The van der Waals surface area contributed by atoms with Crippen molar-refractivity contribution in [1.29, 1.82) is 0 Å². The molecule has 128 valence electrons. The normalized spacial score (nSPS) is 17.7. The molecule has 1 atom stereocenters. The minimum atomic E-state index is -0.671. The molecule has 1 aromatic heterocycles. The molecule has 0 spiro atoms. The van der Waals surface area contributed by atoms with E-state index in [1.54, 1.807) is 4.90 Å². The summed E-state index contributed by atoms with van der Waals surface area (Å²) in [4.78, 5) is 21.0. The van der Waals surface area contributed by atoms with Crippen LogP contribution in [0.3, 0.4) is 0 Å². The van der Waals surface area contributed by atoms with E-state index in [2.05, 4.69) is 9.88 Å². The van der Waals surface area contributed by atoms with Gasteiger partial charge in [0, 0.05) is 19.6 Å². The topological polar surface area (TPSA) is 36.4 Å². The average Bonchev–Trinajstić information content (AvgIpc) is 3.15. The highest BCUT2D eigenvalue weighted by atomic mass is 32.1. The Labute approximate surface area is 143 Å². The number of hydrogen-bond donors (Lipinski definition) is 0. The third-order valence-corrected chi connectivity index (χ3v) is 5.09. The quantitative estimate of drug-likeness (QED) is 0.849.